The summed E-state index contributed by atoms with van der Waals surface area (Å²) >= 11 is 0. The molecule has 0 atom stereocenters. The summed E-state index contributed by atoms with van der Waals surface area (Å²) < 4.78 is 11.7. The summed E-state index contributed by atoms with van der Waals surface area (Å²) in [5.74, 6) is 1.53. The number of aryl methyl sites for hydroxylation is 2. The van der Waals surface area contributed by atoms with Gasteiger partial charge in [0.2, 0.25) is 5.88 Å². The molecule has 0 unspecified atom stereocenters. The normalized spacial score (nSPS) is 11.5. The average Bonchev–Trinajstić information content (AvgIpc) is 2.69. The summed E-state index contributed by atoms with van der Waals surface area (Å²) in [6.07, 6.45) is 4.98. The lowest BCUT2D eigenvalue weighted by Crippen LogP contribution is -2.12. The Labute approximate surface area is 170 Å². The standard InChI is InChI=1S/C24H36N2O2/c1-8-11-12-15-28-23-20(10-3)25-22(19(9-2)26-23)18-14-13-17(24(4,5)6)16-21(18)27-7/h13-14,16H,8-12,15H2,1-7H3. The predicted molar refractivity (Wildman–Crippen MR) is 116 cm³/mol. The van der Waals surface area contributed by atoms with Crippen LogP contribution in [0.1, 0.15) is 77.8 Å². The maximum atomic E-state index is 5.98. The van der Waals surface area contributed by atoms with Gasteiger partial charge in [-0.2, -0.15) is 0 Å². The van der Waals surface area contributed by atoms with E-state index in [0.717, 1.165) is 47.7 Å². The zero-order chi connectivity index (χ0) is 20.7. The van der Waals surface area contributed by atoms with Crippen molar-refractivity contribution in [2.45, 2.75) is 79.1 Å². The Morgan fingerprint density at radius 2 is 1.64 bits per heavy atom. The molecule has 0 spiro atoms. The monoisotopic (exact) mass is 384 g/mol. The molecule has 0 radical (unpaired) electrons. The Morgan fingerprint density at radius 1 is 0.929 bits per heavy atom. The molecule has 0 aliphatic carbocycles. The molecule has 2 rings (SSSR count). The molecule has 0 amide bonds. The second-order valence-electron chi connectivity index (χ2n) is 8.20. The number of methoxy groups -OCH3 is 1. The summed E-state index contributed by atoms with van der Waals surface area (Å²) in [7, 11) is 1.72. The van der Waals surface area contributed by atoms with Gasteiger partial charge in [0.1, 0.15) is 11.4 Å². The van der Waals surface area contributed by atoms with Gasteiger partial charge in [-0.1, -0.05) is 60.5 Å². The first-order chi connectivity index (χ1) is 13.3. The maximum absolute atomic E-state index is 5.98. The van der Waals surface area contributed by atoms with Crippen molar-refractivity contribution in [1.29, 1.82) is 0 Å². The van der Waals surface area contributed by atoms with Crippen molar-refractivity contribution in [3.8, 4) is 22.9 Å². The quantitative estimate of drug-likeness (QED) is 0.487. The summed E-state index contributed by atoms with van der Waals surface area (Å²) in [5.41, 5.74) is 5.06. The first-order valence-electron chi connectivity index (χ1n) is 10.6. The third-order valence-corrected chi connectivity index (χ3v) is 4.98. The number of unbranched alkanes of at least 4 members (excludes halogenated alkanes) is 2. The fourth-order valence-electron chi connectivity index (χ4n) is 3.17. The minimum atomic E-state index is 0.0653. The Bertz CT molecular complexity index is 779. The van der Waals surface area contributed by atoms with E-state index in [-0.39, 0.29) is 5.41 Å². The van der Waals surface area contributed by atoms with Crippen molar-refractivity contribution >= 4 is 0 Å². The Hall–Kier alpha value is -2.10. The largest absolute Gasteiger partial charge is 0.496 e. The van der Waals surface area contributed by atoms with Crippen LogP contribution in [-0.4, -0.2) is 23.7 Å². The van der Waals surface area contributed by atoms with Gasteiger partial charge in [0.05, 0.1) is 25.1 Å². The van der Waals surface area contributed by atoms with Gasteiger partial charge in [0.15, 0.2) is 0 Å². The second kappa shape index (κ2) is 9.90. The minimum Gasteiger partial charge on any atom is -0.496 e. The van der Waals surface area contributed by atoms with Gasteiger partial charge < -0.3 is 9.47 Å². The van der Waals surface area contributed by atoms with Gasteiger partial charge >= 0.3 is 0 Å². The molecule has 1 aromatic heterocycles. The minimum absolute atomic E-state index is 0.0653. The Kier molecular flexibility index (Phi) is 7.85. The number of hydrogen-bond donors (Lipinski definition) is 0. The van der Waals surface area contributed by atoms with E-state index in [2.05, 4.69) is 59.7 Å². The van der Waals surface area contributed by atoms with Crippen molar-refractivity contribution in [1.82, 2.24) is 9.97 Å². The first-order valence-corrected chi connectivity index (χ1v) is 10.6. The van der Waals surface area contributed by atoms with Crippen LogP contribution in [0.25, 0.3) is 11.3 Å². The molecule has 154 valence electrons. The number of benzene rings is 1. The molecule has 0 aliphatic rings. The highest BCUT2D eigenvalue weighted by atomic mass is 16.5. The van der Waals surface area contributed by atoms with E-state index in [4.69, 9.17) is 19.4 Å². The molecule has 1 heterocycles. The molecular weight excluding hydrogens is 348 g/mol. The lowest BCUT2D eigenvalue weighted by atomic mass is 9.86. The number of nitrogens with zero attached hydrogens (tertiary/aromatic N) is 2. The number of rotatable bonds is 9. The highest BCUT2D eigenvalue weighted by molar-refractivity contribution is 5.70. The van der Waals surface area contributed by atoms with Gasteiger partial charge in [0.25, 0.3) is 0 Å². The van der Waals surface area contributed by atoms with Gasteiger partial charge in [-0.05, 0) is 42.4 Å². The third kappa shape index (κ3) is 5.24. The molecule has 28 heavy (non-hydrogen) atoms. The molecule has 0 saturated heterocycles. The van der Waals surface area contributed by atoms with Gasteiger partial charge in [-0.3, -0.25) is 0 Å². The van der Waals surface area contributed by atoms with Crippen molar-refractivity contribution in [2.75, 3.05) is 13.7 Å². The van der Waals surface area contributed by atoms with Crippen LogP contribution in [0.5, 0.6) is 11.6 Å². The third-order valence-electron chi connectivity index (χ3n) is 4.98. The molecule has 0 saturated carbocycles. The Morgan fingerprint density at radius 3 is 2.21 bits per heavy atom. The van der Waals surface area contributed by atoms with Crippen LogP contribution in [0.2, 0.25) is 0 Å². The van der Waals surface area contributed by atoms with Gasteiger partial charge in [-0.25, -0.2) is 9.97 Å². The predicted octanol–water partition coefficient (Wildman–Crippen LogP) is 6.14. The summed E-state index contributed by atoms with van der Waals surface area (Å²) in [6, 6.07) is 6.40. The van der Waals surface area contributed by atoms with Crippen LogP contribution >= 0.6 is 0 Å². The van der Waals surface area contributed by atoms with Crippen molar-refractivity contribution in [3.05, 3.63) is 35.2 Å². The van der Waals surface area contributed by atoms with Crippen LogP contribution in [-0.2, 0) is 18.3 Å². The summed E-state index contributed by atoms with van der Waals surface area (Å²) in [5, 5.41) is 0. The zero-order valence-corrected chi connectivity index (χ0v) is 18.7. The number of aromatic nitrogens is 2. The van der Waals surface area contributed by atoms with Crippen LogP contribution in [0, 0.1) is 0 Å². The van der Waals surface area contributed by atoms with Crippen LogP contribution < -0.4 is 9.47 Å². The highest BCUT2D eigenvalue weighted by Gasteiger charge is 2.20. The first kappa shape index (κ1) is 22.2. The van der Waals surface area contributed by atoms with E-state index >= 15 is 0 Å². The maximum Gasteiger partial charge on any atom is 0.235 e. The fraction of sp³-hybridized carbons (Fsp3) is 0.583. The lowest BCUT2D eigenvalue weighted by molar-refractivity contribution is 0.289. The Balaban J connectivity index is 2.47. The second-order valence-corrected chi connectivity index (χ2v) is 8.20. The SMILES string of the molecule is CCCCCOc1nc(CC)c(-c2ccc(C(C)(C)C)cc2OC)nc1CC. The lowest BCUT2D eigenvalue weighted by Gasteiger charge is -2.21. The molecule has 2 aromatic rings. The van der Waals surface area contributed by atoms with Crippen molar-refractivity contribution < 1.29 is 9.47 Å². The summed E-state index contributed by atoms with van der Waals surface area (Å²) in [6.45, 7) is 13.7. The van der Waals surface area contributed by atoms with Crippen LogP contribution in [0.3, 0.4) is 0 Å². The smallest absolute Gasteiger partial charge is 0.235 e. The highest BCUT2D eigenvalue weighted by Crippen LogP contribution is 2.36. The topological polar surface area (TPSA) is 44.2 Å². The van der Waals surface area contributed by atoms with E-state index in [1.54, 1.807) is 7.11 Å². The molecule has 1 aromatic carbocycles. The van der Waals surface area contributed by atoms with E-state index in [1.165, 1.54) is 18.4 Å². The van der Waals surface area contributed by atoms with Crippen LogP contribution in [0.4, 0.5) is 0 Å². The van der Waals surface area contributed by atoms with E-state index in [1.807, 2.05) is 0 Å². The average molecular weight is 385 g/mol. The summed E-state index contributed by atoms with van der Waals surface area (Å²) in [4.78, 5) is 9.81. The van der Waals surface area contributed by atoms with Crippen molar-refractivity contribution in [2.24, 2.45) is 0 Å². The number of ether oxygens (including phenoxy) is 2. The van der Waals surface area contributed by atoms with Gasteiger partial charge in [-0.15, -0.1) is 0 Å². The number of hydrogen-bond acceptors (Lipinski definition) is 4. The van der Waals surface area contributed by atoms with E-state index in [9.17, 15) is 0 Å². The van der Waals surface area contributed by atoms with E-state index < -0.39 is 0 Å². The molecule has 0 aliphatic heterocycles. The molecule has 0 bridgehead atoms. The molecule has 0 N–H and O–H groups in total. The van der Waals surface area contributed by atoms with Crippen LogP contribution in [0.15, 0.2) is 18.2 Å². The molecule has 0 fully saturated rings. The van der Waals surface area contributed by atoms with Gasteiger partial charge in [0, 0.05) is 5.56 Å². The van der Waals surface area contributed by atoms with Crippen molar-refractivity contribution in [3.63, 3.8) is 0 Å². The fourth-order valence-corrected chi connectivity index (χ4v) is 3.17. The molecular formula is C24H36N2O2. The molecule has 4 nitrogen and oxygen atoms in total. The molecule has 4 heteroatoms. The zero-order valence-electron chi connectivity index (χ0n) is 18.7. The van der Waals surface area contributed by atoms with E-state index in [0.29, 0.717) is 12.5 Å².